The van der Waals surface area contributed by atoms with Gasteiger partial charge in [0, 0.05) is 13.1 Å². The van der Waals surface area contributed by atoms with Crippen molar-refractivity contribution in [3.8, 4) is 0 Å². The van der Waals surface area contributed by atoms with Gasteiger partial charge in [0.25, 0.3) is 0 Å². The average molecular weight is 504 g/mol. The van der Waals surface area contributed by atoms with Gasteiger partial charge >= 0.3 is 5.97 Å². The molecule has 5 unspecified atom stereocenters. The van der Waals surface area contributed by atoms with E-state index in [-0.39, 0.29) is 18.9 Å². The molecular formula is C20H37N7O6S. The van der Waals surface area contributed by atoms with Gasteiger partial charge in [0.05, 0.1) is 12.1 Å². The van der Waals surface area contributed by atoms with E-state index >= 15 is 0 Å². The molecule has 34 heavy (non-hydrogen) atoms. The van der Waals surface area contributed by atoms with Gasteiger partial charge in [0.15, 0.2) is 5.96 Å². The lowest BCUT2D eigenvalue weighted by Gasteiger charge is -2.30. The van der Waals surface area contributed by atoms with Crippen molar-refractivity contribution in [3.63, 3.8) is 0 Å². The van der Waals surface area contributed by atoms with Gasteiger partial charge in [0.1, 0.15) is 18.1 Å². The number of hydrogen-bond donors (Lipinski definition) is 7. The minimum atomic E-state index is -1.35. The molecule has 0 radical (unpaired) electrons. The van der Waals surface area contributed by atoms with Gasteiger partial charge < -0.3 is 42.9 Å². The second-order valence-electron chi connectivity index (χ2n) is 8.15. The first-order chi connectivity index (χ1) is 16.0. The van der Waals surface area contributed by atoms with Gasteiger partial charge in [-0.1, -0.05) is 0 Å². The Morgan fingerprint density at radius 3 is 2.41 bits per heavy atom. The smallest absolute Gasteiger partial charge is 0.326 e. The number of rotatable bonds is 14. The number of aliphatic hydroxyl groups is 1. The number of nitrogens with one attached hydrogen (secondary N) is 2. The molecule has 1 saturated heterocycles. The Kier molecular flexibility index (Phi) is 12.7. The Bertz CT molecular complexity index is 747. The van der Waals surface area contributed by atoms with Crippen molar-refractivity contribution in [2.75, 3.05) is 25.1 Å². The quantitative estimate of drug-likeness (QED) is 0.0751. The number of carbonyl (C=O) groups is 4. The molecule has 0 aliphatic carbocycles. The Morgan fingerprint density at radius 2 is 1.85 bits per heavy atom. The molecule has 13 nitrogen and oxygen atoms in total. The zero-order valence-corrected chi connectivity index (χ0v) is 20.4. The van der Waals surface area contributed by atoms with E-state index in [1.165, 1.54) is 18.7 Å². The summed E-state index contributed by atoms with van der Waals surface area (Å²) in [6, 6.07) is -4.25. The van der Waals surface area contributed by atoms with E-state index in [1.807, 2.05) is 6.26 Å². The molecule has 5 atom stereocenters. The minimum absolute atomic E-state index is 0.0577. The highest BCUT2D eigenvalue weighted by atomic mass is 32.2. The van der Waals surface area contributed by atoms with Gasteiger partial charge in [-0.15, -0.1) is 0 Å². The van der Waals surface area contributed by atoms with E-state index in [2.05, 4.69) is 15.6 Å². The largest absolute Gasteiger partial charge is 0.480 e. The summed E-state index contributed by atoms with van der Waals surface area (Å²) >= 11 is 1.47. The summed E-state index contributed by atoms with van der Waals surface area (Å²) in [7, 11) is 0. The van der Waals surface area contributed by atoms with E-state index in [1.54, 1.807) is 0 Å². The van der Waals surface area contributed by atoms with Crippen molar-refractivity contribution in [2.24, 2.45) is 22.2 Å². The molecule has 0 aromatic rings. The Labute approximate surface area is 203 Å². The van der Waals surface area contributed by atoms with Gasteiger partial charge in [-0.25, -0.2) is 4.79 Å². The number of aliphatic carboxylic acids is 1. The minimum Gasteiger partial charge on any atom is -0.480 e. The van der Waals surface area contributed by atoms with Crippen LogP contribution in [0.1, 0.15) is 39.0 Å². The van der Waals surface area contributed by atoms with Gasteiger partial charge in [-0.3, -0.25) is 19.4 Å². The summed E-state index contributed by atoms with van der Waals surface area (Å²) in [5, 5.41) is 24.6. The number of guanidine groups is 1. The molecule has 1 aliphatic rings. The van der Waals surface area contributed by atoms with Crippen molar-refractivity contribution < 1.29 is 29.4 Å². The summed E-state index contributed by atoms with van der Waals surface area (Å²) in [6.07, 6.45) is 2.40. The molecule has 0 saturated carbocycles. The van der Waals surface area contributed by atoms with Gasteiger partial charge in [0.2, 0.25) is 17.7 Å². The Balaban J connectivity index is 2.84. The molecular weight excluding hydrogens is 466 g/mol. The molecule has 194 valence electrons. The molecule has 1 rings (SSSR count). The predicted octanol–water partition coefficient (Wildman–Crippen LogP) is -2.45. The highest BCUT2D eigenvalue weighted by Gasteiger charge is 2.40. The lowest BCUT2D eigenvalue weighted by molar-refractivity contribution is -0.150. The molecule has 1 aliphatic heterocycles. The highest BCUT2D eigenvalue weighted by Crippen LogP contribution is 2.19. The van der Waals surface area contributed by atoms with Crippen molar-refractivity contribution in [1.29, 1.82) is 0 Å². The molecule has 1 heterocycles. The summed E-state index contributed by atoms with van der Waals surface area (Å²) in [5.74, 6) is -2.55. The van der Waals surface area contributed by atoms with Crippen molar-refractivity contribution >= 4 is 41.4 Å². The molecule has 10 N–H and O–H groups in total. The maximum atomic E-state index is 13.0. The third-order valence-corrected chi connectivity index (χ3v) is 6.06. The number of aliphatic imine (C=N–C) groups is 1. The number of thioether (sulfide) groups is 1. The van der Waals surface area contributed by atoms with E-state index in [9.17, 15) is 29.4 Å². The lowest BCUT2D eigenvalue weighted by atomic mass is 10.1. The first-order valence-corrected chi connectivity index (χ1v) is 12.5. The van der Waals surface area contributed by atoms with Crippen LogP contribution in [0.5, 0.6) is 0 Å². The molecule has 0 aromatic carbocycles. The molecule has 3 amide bonds. The number of amides is 3. The van der Waals surface area contributed by atoms with Crippen LogP contribution in [0.2, 0.25) is 0 Å². The molecule has 0 spiro atoms. The maximum absolute atomic E-state index is 13.0. The van der Waals surface area contributed by atoms with Crippen LogP contribution in [-0.2, 0) is 19.2 Å². The van der Waals surface area contributed by atoms with E-state index in [4.69, 9.17) is 17.2 Å². The number of likely N-dealkylation sites (tertiary alicyclic amines) is 1. The fourth-order valence-corrected chi connectivity index (χ4v) is 4.01. The standard InChI is InChI=1S/C20H37N7O6S/c1-11(28)15(18(31)27-9-4-6-14(27)19(32)33)26-17(30)13(7-10-34-2)25-16(29)12(21)5-3-8-24-20(22)23/h11-15,28H,3-10,21H2,1-2H3,(H,25,29)(H,26,30)(H,32,33)(H4,22,23,24). The third-order valence-electron chi connectivity index (χ3n) is 5.42. The third kappa shape index (κ3) is 9.35. The first kappa shape index (κ1) is 29.5. The van der Waals surface area contributed by atoms with Crippen molar-refractivity contribution in [2.45, 2.75) is 69.3 Å². The SMILES string of the molecule is CSCCC(NC(=O)C(N)CCCN=C(N)N)C(=O)NC(C(=O)N1CCCC1C(=O)O)C(C)O. The first-order valence-electron chi connectivity index (χ1n) is 11.1. The van der Waals surface area contributed by atoms with E-state index < -0.39 is 54.0 Å². The summed E-state index contributed by atoms with van der Waals surface area (Å²) in [4.78, 5) is 54.9. The number of carboxylic acid groups (broad SMARTS) is 1. The molecule has 14 heteroatoms. The second-order valence-corrected chi connectivity index (χ2v) is 9.14. The maximum Gasteiger partial charge on any atom is 0.326 e. The van der Waals surface area contributed by atoms with Crippen LogP contribution in [0, 0.1) is 0 Å². The van der Waals surface area contributed by atoms with Crippen LogP contribution in [0.4, 0.5) is 0 Å². The fourth-order valence-electron chi connectivity index (χ4n) is 3.54. The summed E-state index contributed by atoms with van der Waals surface area (Å²) < 4.78 is 0. The van der Waals surface area contributed by atoms with Crippen LogP contribution < -0.4 is 27.8 Å². The Morgan fingerprint density at radius 1 is 1.18 bits per heavy atom. The second kappa shape index (κ2) is 14.6. The summed E-state index contributed by atoms with van der Waals surface area (Å²) in [5.41, 5.74) is 16.4. The zero-order valence-electron chi connectivity index (χ0n) is 19.6. The molecule has 0 aromatic heterocycles. The zero-order chi connectivity index (χ0) is 25.8. The predicted molar refractivity (Wildman–Crippen MR) is 129 cm³/mol. The number of aliphatic hydroxyl groups excluding tert-OH is 1. The monoisotopic (exact) mass is 503 g/mol. The van der Waals surface area contributed by atoms with E-state index in [0.29, 0.717) is 38.0 Å². The topological polar surface area (TPSA) is 226 Å². The number of nitrogens with zero attached hydrogens (tertiary/aromatic N) is 2. The van der Waals surface area contributed by atoms with Crippen molar-refractivity contribution in [1.82, 2.24) is 15.5 Å². The average Bonchev–Trinajstić information content (AvgIpc) is 3.26. The van der Waals surface area contributed by atoms with Crippen LogP contribution in [0.25, 0.3) is 0 Å². The number of nitrogens with two attached hydrogens (primary N) is 3. The van der Waals surface area contributed by atoms with Crippen LogP contribution >= 0.6 is 11.8 Å². The van der Waals surface area contributed by atoms with Crippen LogP contribution in [0.3, 0.4) is 0 Å². The normalized spacial score (nSPS) is 18.9. The van der Waals surface area contributed by atoms with Crippen molar-refractivity contribution in [3.05, 3.63) is 0 Å². The van der Waals surface area contributed by atoms with Crippen LogP contribution in [-0.4, -0.2) is 100 Å². The molecule has 1 fully saturated rings. The number of hydrogen-bond acceptors (Lipinski definition) is 8. The highest BCUT2D eigenvalue weighted by molar-refractivity contribution is 7.98. The Hall–Kier alpha value is -2.58. The van der Waals surface area contributed by atoms with Crippen LogP contribution in [0.15, 0.2) is 4.99 Å². The van der Waals surface area contributed by atoms with Gasteiger partial charge in [-0.2, -0.15) is 11.8 Å². The number of carbonyl (C=O) groups excluding carboxylic acids is 3. The lowest BCUT2D eigenvalue weighted by Crippen LogP contribution is -2.60. The van der Waals surface area contributed by atoms with Gasteiger partial charge in [-0.05, 0) is 51.0 Å². The number of carboxylic acids is 1. The fraction of sp³-hybridized carbons (Fsp3) is 0.750. The van der Waals surface area contributed by atoms with E-state index in [0.717, 1.165) is 4.90 Å². The molecule has 0 bridgehead atoms. The summed E-state index contributed by atoms with van der Waals surface area (Å²) in [6.45, 7) is 1.86.